The van der Waals surface area contributed by atoms with Crippen molar-refractivity contribution < 1.29 is 9.47 Å². The molecule has 0 aliphatic heterocycles. The maximum atomic E-state index is 5.54. The predicted molar refractivity (Wildman–Crippen MR) is 73.3 cm³/mol. The lowest BCUT2D eigenvalue weighted by Crippen LogP contribution is -2.27. The van der Waals surface area contributed by atoms with Gasteiger partial charge in [0.1, 0.15) is 0 Å². The topological polar surface area (TPSA) is 69.2 Å². The van der Waals surface area contributed by atoms with Crippen molar-refractivity contribution in [3.63, 3.8) is 0 Å². The zero-order chi connectivity index (χ0) is 14.3. The van der Waals surface area contributed by atoms with Crippen molar-refractivity contribution in [1.29, 1.82) is 0 Å². The molecule has 0 radical (unpaired) electrons. The molecule has 0 aromatic carbocycles. The van der Waals surface area contributed by atoms with Crippen LogP contribution in [-0.4, -0.2) is 33.7 Å². The Labute approximate surface area is 114 Å². The van der Waals surface area contributed by atoms with Gasteiger partial charge in [0.05, 0.1) is 6.61 Å². The van der Waals surface area contributed by atoms with E-state index in [0.29, 0.717) is 12.6 Å². The Morgan fingerprint density at radius 3 is 2.47 bits per heavy atom. The SMILES string of the molecule is C#CC(C)(C)Oc1nc(NCCC)nc(OCC)n1. The summed E-state index contributed by atoms with van der Waals surface area (Å²) in [5, 5.41) is 3.06. The Morgan fingerprint density at radius 2 is 1.89 bits per heavy atom. The molecule has 1 rings (SSSR count). The van der Waals surface area contributed by atoms with Crippen LogP contribution in [0.1, 0.15) is 34.1 Å². The van der Waals surface area contributed by atoms with Gasteiger partial charge in [0, 0.05) is 6.54 Å². The van der Waals surface area contributed by atoms with Crippen LogP contribution >= 0.6 is 0 Å². The third-order valence-corrected chi connectivity index (χ3v) is 2.09. The highest BCUT2D eigenvalue weighted by atomic mass is 16.5. The highest BCUT2D eigenvalue weighted by Gasteiger charge is 2.19. The number of hydrogen-bond acceptors (Lipinski definition) is 6. The van der Waals surface area contributed by atoms with Crippen LogP contribution < -0.4 is 14.8 Å². The number of ether oxygens (including phenoxy) is 2. The van der Waals surface area contributed by atoms with Crippen LogP contribution in [0.4, 0.5) is 5.95 Å². The Balaban J connectivity index is 2.96. The molecular weight excluding hydrogens is 244 g/mol. The van der Waals surface area contributed by atoms with Crippen molar-refractivity contribution in [3.05, 3.63) is 0 Å². The molecule has 0 amide bonds. The smallest absolute Gasteiger partial charge is 0.325 e. The molecule has 0 saturated heterocycles. The van der Waals surface area contributed by atoms with Crippen LogP contribution in [0.5, 0.6) is 12.0 Å². The van der Waals surface area contributed by atoms with Crippen LogP contribution in [0.3, 0.4) is 0 Å². The average Bonchev–Trinajstić information content (AvgIpc) is 2.36. The molecule has 1 heterocycles. The highest BCUT2D eigenvalue weighted by molar-refractivity contribution is 5.27. The summed E-state index contributed by atoms with van der Waals surface area (Å²) in [6.07, 6.45) is 6.34. The van der Waals surface area contributed by atoms with E-state index in [2.05, 4.69) is 33.1 Å². The minimum atomic E-state index is -0.785. The summed E-state index contributed by atoms with van der Waals surface area (Å²) < 4.78 is 10.8. The van der Waals surface area contributed by atoms with E-state index in [1.807, 2.05) is 6.92 Å². The van der Waals surface area contributed by atoms with E-state index in [1.165, 1.54) is 0 Å². The zero-order valence-electron chi connectivity index (χ0n) is 11.9. The lowest BCUT2D eigenvalue weighted by Gasteiger charge is -2.18. The van der Waals surface area contributed by atoms with E-state index in [-0.39, 0.29) is 12.0 Å². The Kier molecular flexibility index (Phi) is 5.37. The van der Waals surface area contributed by atoms with Gasteiger partial charge in [-0.2, -0.15) is 9.97 Å². The Morgan fingerprint density at radius 1 is 1.21 bits per heavy atom. The number of terminal acetylenes is 1. The lowest BCUT2D eigenvalue weighted by molar-refractivity contribution is 0.153. The maximum absolute atomic E-state index is 5.54. The minimum Gasteiger partial charge on any atom is -0.464 e. The quantitative estimate of drug-likeness (QED) is 0.758. The number of rotatable bonds is 7. The van der Waals surface area contributed by atoms with Crippen molar-refractivity contribution in [2.45, 2.75) is 39.7 Å². The summed E-state index contributed by atoms with van der Waals surface area (Å²) in [5.41, 5.74) is -0.785. The van der Waals surface area contributed by atoms with Crippen LogP contribution in [0.15, 0.2) is 0 Å². The molecule has 1 aromatic rings. The highest BCUT2D eigenvalue weighted by Crippen LogP contribution is 2.17. The van der Waals surface area contributed by atoms with Gasteiger partial charge in [0.15, 0.2) is 5.60 Å². The summed E-state index contributed by atoms with van der Waals surface area (Å²) in [4.78, 5) is 12.3. The van der Waals surface area contributed by atoms with Gasteiger partial charge in [-0.15, -0.1) is 11.4 Å². The minimum absolute atomic E-state index is 0.153. The van der Waals surface area contributed by atoms with E-state index < -0.39 is 5.60 Å². The number of anilines is 1. The van der Waals surface area contributed by atoms with Crippen molar-refractivity contribution in [3.8, 4) is 24.4 Å². The normalized spacial score (nSPS) is 10.7. The Hall–Kier alpha value is -2.03. The fourth-order valence-corrected chi connectivity index (χ4v) is 1.15. The second-order valence-corrected chi connectivity index (χ2v) is 4.34. The van der Waals surface area contributed by atoms with E-state index in [4.69, 9.17) is 15.9 Å². The maximum Gasteiger partial charge on any atom is 0.325 e. The van der Waals surface area contributed by atoms with Crippen molar-refractivity contribution >= 4 is 5.95 Å². The second kappa shape index (κ2) is 6.78. The fourth-order valence-electron chi connectivity index (χ4n) is 1.15. The molecule has 6 heteroatoms. The van der Waals surface area contributed by atoms with Gasteiger partial charge in [-0.25, -0.2) is 0 Å². The number of hydrogen-bond donors (Lipinski definition) is 1. The number of nitrogens with one attached hydrogen (secondary N) is 1. The van der Waals surface area contributed by atoms with Gasteiger partial charge in [0.25, 0.3) is 0 Å². The largest absolute Gasteiger partial charge is 0.464 e. The molecule has 6 nitrogen and oxygen atoms in total. The van der Waals surface area contributed by atoms with Crippen molar-refractivity contribution in [2.24, 2.45) is 0 Å². The molecule has 0 fully saturated rings. The predicted octanol–water partition coefficient (Wildman–Crippen LogP) is 1.88. The molecule has 1 N–H and O–H groups in total. The number of aromatic nitrogens is 3. The first kappa shape index (κ1) is 15.0. The van der Waals surface area contributed by atoms with Gasteiger partial charge in [-0.05, 0) is 27.2 Å². The van der Waals surface area contributed by atoms with Gasteiger partial charge in [0.2, 0.25) is 5.95 Å². The number of nitrogens with zero attached hydrogens (tertiary/aromatic N) is 3. The molecule has 104 valence electrons. The first-order valence-electron chi connectivity index (χ1n) is 6.30. The molecule has 0 bridgehead atoms. The molecule has 1 aromatic heterocycles. The van der Waals surface area contributed by atoms with Crippen molar-refractivity contribution in [2.75, 3.05) is 18.5 Å². The third-order valence-electron chi connectivity index (χ3n) is 2.09. The summed E-state index contributed by atoms with van der Waals surface area (Å²) >= 11 is 0. The van der Waals surface area contributed by atoms with Gasteiger partial charge in [-0.3, -0.25) is 0 Å². The van der Waals surface area contributed by atoms with Crippen LogP contribution in [-0.2, 0) is 0 Å². The van der Waals surface area contributed by atoms with Crippen LogP contribution in [0, 0.1) is 12.3 Å². The lowest BCUT2D eigenvalue weighted by atomic mass is 10.2. The summed E-state index contributed by atoms with van der Waals surface area (Å²) in [6, 6.07) is 0.374. The summed E-state index contributed by atoms with van der Waals surface area (Å²) in [6.45, 7) is 8.65. The third kappa shape index (κ3) is 5.00. The molecule has 0 spiro atoms. The molecule has 0 aliphatic carbocycles. The second-order valence-electron chi connectivity index (χ2n) is 4.34. The summed E-state index contributed by atoms with van der Waals surface area (Å²) in [5.74, 6) is 2.94. The van der Waals surface area contributed by atoms with Crippen LogP contribution in [0.25, 0.3) is 0 Å². The molecule has 0 aliphatic rings. The molecule has 0 atom stereocenters. The molecule has 19 heavy (non-hydrogen) atoms. The zero-order valence-corrected chi connectivity index (χ0v) is 11.9. The van der Waals surface area contributed by atoms with Gasteiger partial charge >= 0.3 is 12.0 Å². The fraction of sp³-hybridized carbons (Fsp3) is 0.615. The Bertz CT molecular complexity index is 454. The van der Waals surface area contributed by atoms with E-state index in [9.17, 15) is 0 Å². The van der Waals surface area contributed by atoms with Crippen LogP contribution in [0.2, 0.25) is 0 Å². The average molecular weight is 264 g/mol. The first-order chi connectivity index (χ1) is 9.00. The first-order valence-corrected chi connectivity index (χ1v) is 6.30. The summed E-state index contributed by atoms with van der Waals surface area (Å²) in [7, 11) is 0. The van der Waals surface area contributed by atoms with E-state index in [1.54, 1.807) is 13.8 Å². The standard InChI is InChI=1S/C13H20N4O2/c1-6-9-14-10-15-11(18-8-3)17-12(16-10)19-13(4,5)7-2/h2H,6,8-9H2,1,3-5H3,(H,14,15,16,17). The molecule has 0 saturated carbocycles. The van der Waals surface area contributed by atoms with Gasteiger partial charge < -0.3 is 14.8 Å². The molecular formula is C13H20N4O2. The van der Waals surface area contributed by atoms with Gasteiger partial charge in [-0.1, -0.05) is 12.8 Å². The molecule has 0 unspecified atom stereocenters. The monoisotopic (exact) mass is 264 g/mol. The van der Waals surface area contributed by atoms with Crippen molar-refractivity contribution in [1.82, 2.24) is 15.0 Å². The van der Waals surface area contributed by atoms with E-state index in [0.717, 1.165) is 13.0 Å². The van der Waals surface area contributed by atoms with E-state index >= 15 is 0 Å².